The molecule has 3 rings (SSSR count). The molecule has 29 heavy (non-hydrogen) atoms. The highest BCUT2D eigenvalue weighted by Gasteiger charge is 2.13. The van der Waals surface area contributed by atoms with Crippen molar-refractivity contribution in [1.29, 1.82) is 0 Å². The Morgan fingerprint density at radius 1 is 0.897 bits per heavy atom. The summed E-state index contributed by atoms with van der Waals surface area (Å²) in [4.78, 5) is 12.6. The number of aromatic nitrogens is 2. The Hall–Kier alpha value is -3.61. The molecule has 0 atom stereocenters. The zero-order chi connectivity index (χ0) is 21.0. The van der Waals surface area contributed by atoms with Crippen molar-refractivity contribution < 1.29 is 14.3 Å². The number of rotatable bonds is 6. The summed E-state index contributed by atoms with van der Waals surface area (Å²) in [5.74, 6) is 1.31. The molecule has 2 N–H and O–H groups in total. The van der Waals surface area contributed by atoms with Gasteiger partial charge in [0.25, 0.3) is 5.91 Å². The molecule has 7 nitrogen and oxygen atoms in total. The van der Waals surface area contributed by atoms with E-state index in [9.17, 15) is 4.79 Å². The van der Waals surface area contributed by atoms with Crippen molar-refractivity contribution in [2.75, 3.05) is 24.9 Å². The highest BCUT2D eigenvalue weighted by Crippen LogP contribution is 2.29. The molecule has 7 heteroatoms. The number of nitrogens with zero attached hydrogens (tertiary/aromatic N) is 2. The van der Waals surface area contributed by atoms with Crippen LogP contribution in [0.2, 0.25) is 0 Å². The standard InChI is InChI=1S/C22H24N4O3/c1-13-10-14(2)21(15(3)11-13)24-20-9-7-17(25-26-20)22(27)23-18-12-16(28-4)6-8-19(18)29-5/h6-12H,1-5H3,(H,23,27)(H,24,26). The second-order valence-electron chi connectivity index (χ2n) is 6.72. The normalized spacial score (nSPS) is 10.4. The van der Waals surface area contributed by atoms with Gasteiger partial charge in [0.05, 0.1) is 19.9 Å². The second-order valence-corrected chi connectivity index (χ2v) is 6.72. The molecule has 0 radical (unpaired) electrons. The number of methoxy groups -OCH3 is 2. The number of benzene rings is 2. The van der Waals surface area contributed by atoms with Gasteiger partial charge >= 0.3 is 0 Å². The molecule has 0 bridgehead atoms. The molecule has 0 aliphatic rings. The Morgan fingerprint density at radius 2 is 1.62 bits per heavy atom. The molecular weight excluding hydrogens is 368 g/mol. The lowest BCUT2D eigenvalue weighted by Gasteiger charge is -2.13. The number of amides is 1. The number of ether oxygens (including phenoxy) is 2. The number of nitrogens with one attached hydrogen (secondary N) is 2. The molecule has 150 valence electrons. The highest BCUT2D eigenvalue weighted by molar-refractivity contribution is 6.03. The summed E-state index contributed by atoms with van der Waals surface area (Å²) in [6.45, 7) is 6.15. The first-order valence-corrected chi connectivity index (χ1v) is 9.13. The minimum absolute atomic E-state index is 0.192. The first-order valence-electron chi connectivity index (χ1n) is 9.13. The SMILES string of the molecule is COc1ccc(OC)c(NC(=O)c2ccc(Nc3c(C)cc(C)cc3C)nn2)c1. The summed E-state index contributed by atoms with van der Waals surface area (Å²) in [6.07, 6.45) is 0. The highest BCUT2D eigenvalue weighted by atomic mass is 16.5. The van der Waals surface area contributed by atoms with E-state index in [2.05, 4.69) is 39.9 Å². The van der Waals surface area contributed by atoms with Crippen LogP contribution in [0.5, 0.6) is 11.5 Å². The third-order valence-corrected chi connectivity index (χ3v) is 4.48. The summed E-state index contributed by atoms with van der Waals surface area (Å²) in [6, 6.07) is 12.7. The van der Waals surface area contributed by atoms with Crippen LogP contribution in [0.3, 0.4) is 0 Å². The molecular formula is C22H24N4O3. The van der Waals surface area contributed by atoms with Crippen LogP contribution in [0, 0.1) is 20.8 Å². The van der Waals surface area contributed by atoms with E-state index in [0.29, 0.717) is 23.0 Å². The van der Waals surface area contributed by atoms with E-state index in [0.717, 1.165) is 16.8 Å². The van der Waals surface area contributed by atoms with Gasteiger partial charge in [-0.2, -0.15) is 0 Å². The second kappa shape index (κ2) is 8.60. The Labute approximate surface area is 170 Å². The topological polar surface area (TPSA) is 85.4 Å². The van der Waals surface area contributed by atoms with Crippen LogP contribution >= 0.6 is 0 Å². The van der Waals surface area contributed by atoms with E-state index in [-0.39, 0.29) is 5.69 Å². The first kappa shape index (κ1) is 20.1. The van der Waals surface area contributed by atoms with Crippen LogP contribution in [0.25, 0.3) is 0 Å². The minimum atomic E-state index is -0.390. The smallest absolute Gasteiger partial charge is 0.276 e. The van der Waals surface area contributed by atoms with Crippen LogP contribution in [0.15, 0.2) is 42.5 Å². The lowest BCUT2D eigenvalue weighted by atomic mass is 10.1. The van der Waals surface area contributed by atoms with Gasteiger partial charge in [-0.1, -0.05) is 17.7 Å². The van der Waals surface area contributed by atoms with E-state index in [1.54, 1.807) is 37.4 Å². The van der Waals surface area contributed by atoms with Crippen molar-refractivity contribution in [3.63, 3.8) is 0 Å². The van der Waals surface area contributed by atoms with Crippen molar-refractivity contribution in [2.24, 2.45) is 0 Å². The molecule has 0 saturated carbocycles. The van der Waals surface area contributed by atoms with Gasteiger partial charge in [0.15, 0.2) is 11.5 Å². The lowest BCUT2D eigenvalue weighted by molar-refractivity contribution is 0.102. The van der Waals surface area contributed by atoms with E-state index >= 15 is 0 Å². The fourth-order valence-corrected chi connectivity index (χ4v) is 3.12. The molecule has 0 aliphatic carbocycles. The number of hydrogen-bond acceptors (Lipinski definition) is 6. The van der Waals surface area contributed by atoms with Crippen molar-refractivity contribution in [3.05, 3.63) is 64.8 Å². The zero-order valence-electron chi connectivity index (χ0n) is 17.2. The molecule has 1 heterocycles. The monoisotopic (exact) mass is 392 g/mol. The molecule has 0 fully saturated rings. The van der Waals surface area contributed by atoms with E-state index in [4.69, 9.17) is 9.47 Å². The lowest BCUT2D eigenvalue weighted by Crippen LogP contribution is -2.15. The van der Waals surface area contributed by atoms with Gasteiger partial charge in [0, 0.05) is 11.8 Å². The summed E-state index contributed by atoms with van der Waals surface area (Å²) in [5.41, 5.74) is 5.12. The first-order chi connectivity index (χ1) is 13.9. The number of hydrogen-bond donors (Lipinski definition) is 2. The van der Waals surface area contributed by atoms with E-state index in [1.807, 2.05) is 13.8 Å². The summed E-state index contributed by atoms with van der Waals surface area (Å²) >= 11 is 0. The van der Waals surface area contributed by atoms with Gasteiger partial charge in [-0.05, 0) is 56.2 Å². The third-order valence-electron chi connectivity index (χ3n) is 4.48. The third kappa shape index (κ3) is 4.63. The molecule has 1 amide bonds. The maximum atomic E-state index is 12.6. The Morgan fingerprint density at radius 3 is 2.21 bits per heavy atom. The number of aryl methyl sites for hydroxylation is 3. The Balaban J connectivity index is 1.76. The van der Waals surface area contributed by atoms with Crippen LogP contribution in [-0.4, -0.2) is 30.3 Å². The summed E-state index contributed by atoms with van der Waals surface area (Å²) in [7, 11) is 3.09. The predicted molar refractivity (Wildman–Crippen MR) is 113 cm³/mol. The number of carbonyl (C=O) groups excluding carboxylic acids is 1. The van der Waals surface area contributed by atoms with Crippen LogP contribution in [0.4, 0.5) is 17.2 Å². The van der Waals surface area contributed by atoms with Gasteiger partial charge < -0.3 is 20.1 Å². The maximum Gasteiger partial charge on any atom is 0.276 e. The summed E-state index contributed by atoms with van der Waals surface area (Å²) < 4.78 is 10.5. The van der Waals surface area contributed by atoms with Crippen molar-refractivity contribution >= 4 is 23.1 Å². The van der Waals surface area contributed by atoms with Gasteiger partial charge in [-0.25, -0.2) is 0 Å². The molecule has 0 spiro atoms. The molecule has 0 saturated heterocycles. The average molecular weight is 392 g/mol. The van der Waals surface area contributed by atoms with Crippen molar-refractivity contribution in [1.82, 2.24) is 10.2 Å². The molecule has 1 aromatic heterocycles. The quantitative estimate of drug-likeness (QED) is 0.646. The van der Waals surface area contributed by atoms with Crippen molar-refractivity contribution in [3.8, 4) is 11.5 Å². The van der Waals surface area contributed by atoms with Crippen LogP contribution in [-0.2, 0) is 0 Å². The van der Waals surface area contributed by atoms with Gasteiger partial charge in [0.2, 0.25) is 0 Å². The Bertz CT molecular complexity index is 1010. The molecule has 0 aliphatic heterocycles. The molecule has 3 aromatic rings. The van der Waals surface area contributed by atoms with Gasteiger partial charge in [0.1, 0.15) is 11.5 Å². The van der Waals surface area contributed by atoms with Crippen LogP contribution < -0.4 is 20.1 Å². The average Bonchev–Trinajstić information content (AvgIpc) is 2.71. The van der Waals surface area contributed by atoms with Crippen molar-refractivity contribution in [2.45, 2.75) is 20.8 Å². The maximum absolute atomic E-state index is 12.6. The molecule has 2 aromatic carbocycles. The fourth-order valence-electron chi connectivity index (χ4n) is 3.12. The fraction of sp³-hybridized carbons (Fsp3) is 0.227. The van der Waals surface area contributed by atoms with Gasteiger partial charge in [-0.15, -0.1) is 10.2 Å². The molecule has 0 unspecified atom stereocenters. The largest absolute Gasteiger partial charge is 0.497 e. The van der Waals surface area contributed by atoms with E-state index < -0.39 is 5.91 Å². The number of anilines is 3. The Kier molecular flexibility index (Phi) is 5.97. The predicted octanol–water partition coefficient (Wildman–Crippen LogP) is 4.41. The number of carbonyl (C=O) groups is 1. The van der Waals surface area contributed by atoms with Gasteiger partial charge in [-0.3, -0.25) is 4.79 Å². The summed E-state index contributed by atoms with van der Waals surface area (Å²) in [5, 5.41) is 14.2. The van der Waals surface area contributed by atoms with E-state index in [1.165, 1.54) is 12.7 Å². The zero-order valence-corrected chi connectivity index (χ0v) is 17.2. The minimum Gasteiger partial charge on any atom is -0.497 e. The van der Waals surface area contributed by atoms with Crippen LogP contribution in [0.1, 0.15) is 27.2 Å².